The molecule has 1 aromatic carbocycles. The van der Waals surface area contributed by atoms with Crippen molar-refractivity contribution in [2.75, 3.05) is 0 Å². The monoisotopic (exact) mass is 264 g/mol. The van der Waals surface area contributed by atoms with Gasteiger partial charge in [-0.25, -0.2) is 9.18 Å². The molecule has 0 bridgehead atoms. The summed E-state index contributed by atoms with van der Waals surface area (Å²) in [4.78, 5) is 21.1. The number of aliphatic hydroxyl groups is 1. The van der Waals surface area contributed by atoms with E-state index in [1.807, 2.05) is 0 Å². The summed E-state index contributed by atoms with van der Waals surface area (Å²) in [5, 5.41) is 17.7. The van der Waals surface area contributed by atoms with Crippen molar-refractivity contribution < 1.29 is 37.7 Å². The number of hydrogen-bond donors (Lipinski definition) is 2. The number of aldehydes is 1. The van der Waals surface area contributed by atoms with Crippen molar-refractivity contribution in [1.82, 2.24) is 0 Å². The molecular formula is C10H7F3O5. The summed E-state index contributed by atoms with van der Waals surface area (Å²) in [6.45, 7) is -3.30. The van der Waals surface area contributed by atoms with Crippen LogP contribution in [0.15, 0.2) is 12.1 Å². The van der Waals surface area contributed by atoms with Gasteiger partial charge in [0.1, 0.15) is 0 Å². The molecule has 0 fully saturated rings. The zero-order valence-corrected chi connectivity index (χ0v) is 8.64. The van der Waals surface area contributed by atoms with Crippen molar-refractivity contribution in [2.45, 2.75) is 12.7 Å². The number of halogens is 3. The highest BCUT2D eigenvalue weighted by molar-refractivity contribution is 5.83. The number of carbonyl (C=O) groups excluding carboxylic acids is 1. The Hall–Kier alpha value is -2.09. The Bertz CT molecular complexity index is 475. The number of aliphatic hydroxyl groups excluding tert-OH is 1. The van der Waals surface area contributed by atoms with Gasteiger partial charge in [-0.1, -0.05) is 0 Å². The molecule has 0 radical (unpaired) electrons. The smallest absolute Gasteiger partial charge is 0.387 e. The fourth-order valence-corrected chi connectivity index (χ4v) is 1.24. The average Bonchev–Trinajstić information content (AvgIpc) is 2.29. The Morgan fingerprint density at radius 1 is 1.39 bits per heavy atom. The quantitative estimate of drug-likeness (QED) is 0.784. The largest absolute Gasteiger partial charge is 0.479 e. The molecule has 0 aliphatic carbocycles. The zero-order chi connectivity index (χ0) is 13.9. The number of aliphatic carboxylic acids is 1. The van der Waals surface area contributed by atoms with E-state index in [2.05, 4.69) is 4.74 Å². The van der Waals surface area contributed by atoms with Gasteiger partial charge in [-0.15, -0.1) is 0 Å². The van der Waals surface area contributed by atoms with Crippen LogP contribution in [-0.2, 0) is 4.79 Å². The maximum absolute atomic E-state index is 13.3. The predicted molar refractivity (Wildman–Crippen MR) is 51.0 cm³/mol. The molecule has 1 rings (SSSR count). The Morgan fingerprint density at radius 2 is 2.00 bits per heavy atom. The van der Waals surface area contributed by atoms with Crippen LogP contribution >= 0.6 is 0 Å². The second-order valence-electron chi connectivity index (χ2n) is 3.15. The van der Waals surface area contributed by atoms with Crippen LogP contribution in [0.1, 0.15) is 22.0 Å². The lowest BCUT2D eigenvalue weighted by Crippen LogP contribution is -2.14. The summed E-state index contributed by atoms with van der Waals surface area (Å²) in [7, 11) is 0. The average molecular weight is 264 g/mol. The Morgan fingerprint density at radius 3 is 2.44 bits per heavy atom. The van der Waals surface area contributed by atoms with Gasteiger partial charge in [0.15, 0.2) is 24.0 Å². The topological polar surface area (TPSA) is 83.8 Å². The van der Waals surface area contributed by atoms with E-state index in [1.54, 1.807) is 0 Å². The van der Waals surface area contributed by atoms with Gasteiger partial charge in [0.25, 0.3) is 0 Å². The summed E-state index contributed by atoms with van der Waals surface area (Å²) in [5.74, 6) is -3.93. The number of alkyl halides is 2. The van der Waals surface area contributed by atoms with Gasteiger partial charge in [-0.2, -0.15) is 8.78 Å². The van der Waals surface area contributed by atoms with Crippen molar-refractivity contribution in [3.63, 3.8) is 0 Å². The molecule has 0 saturated carbocycles. The lowest BCUT2D eigenvalue weighted by molar-refractivity contribution is -0.147. The van der Waals surface area contributed by atoms with E-state index in [1.165, 1.54) is 0 Å². The summed E-state index contributed by atoms with van der Waals surface area (Å²) in [6, 6.07) is 1.05. The van der Waals surface area contributed by atoms with Crippen LogP contribution in [0.5, 0.6) is 5.75 Å². The lowest BCUT2D eigenvalue weighted by atomic mass is 10.0. The highest BCUT2D eigenvalue weighted by atomic mass is 19.3. The van der Waals surface area contributed by atoms with Gasteiger partial charge in [0.05, 0.1) is 0 Å². The van der Waals surface area contributed by atoms with Crippen LogP contribution < -0.4 is 4.74 Å². The number of carboxylic acid groups (broad SMARTS) is 1. The third-order valence-corrected chi connectivity index (χ3v) is 2.01. The molecule has 98 valence electrons. The molecule has 2 N–H and O–H groups in total. The summed E-state index contributed by atoms with van der Waals surface area (Å²) in [6.07, 6.45) is -2.04. The SMILES string of the molecule is O=Cc1cc(OC(F)F)c(F)cc1C(O)C(=O)O. The van der Waals surface area contributed by atoms with Crippen molar-refractivity contribution in [3.05, 3.63) is 29.1 Å². The van der Waals surface area contributed by atoms with E-state index < -0.39 is 41.4 Å². The highest BCUT2D eigenvalue weighted by Gasteiger charge is 2.23. The molecule has 0 heterocycles. The van der Waals surface area contributed by atoms with Crippen LogP contribution in [0.25, 0.3) is 0 Å². The highest BCUT2D eigenvalue weighted by Crippen LogP contribution is 2.27. The molecule has 5 nitrogen and oxygen atoms in total. The molecule has 0 spiro atoms. The van der Waals surface area contributed by atoms with Gasteiger partial charge in [0.2, 0.25) is 0 Å². The molecular weight excluding hydrogens is 257 g/mol. The zero-order valence-electron chi connectivity index (χ0n) is 8.64. The fourth-order valence-electron chi connectivity index (χ4n) is 1.24. The number of rotatable bonds is 5. The van der Waals surface area contributed by atoms with Crippen molar-refractivity contribution >= 4 is 12.3 Å². The molecule has 0 aromatic heterocycles. The molecule has 1 unspecified atom stereocenters. The Kier molecular flexibility index (Phi) is 4.27. The third-order valence-electron chi connectivity index (χ3n) is 2.01. The molecule has 18 heavy (non-hydrogen) atoms. The van der Waals surface area contributed by atoms with Crippen LogP contribution in [0.3, 0.4) is 0 Å². The van der Waals surface area contributed by atoms with E-state index in [-0.39, 0.29) is 6.29 Å². The standard InChI is InChI=1S/C10H7F3O5/c11-6-2-5(8(15)9(16)17)4(3-14)1-7(6)18-10(12)13/h1-3,8,10,15H,(H,16,17). The van der Waals surface area contributed by atoms with Crippen molar-refractivity contribution in [1.29, 1.82) is 0 Å². The number of hydrogen-bond acceptors (Lipinski definition) is 4. The molecule has 1 atom stereocenters. The van der Waals surface area contributed by atoms with Gasteiger partial charge >= 0.3 is 12.6 Å². The van der Waals surface area contributed by atoms with E-state index >= 15 is 0 Å². The van der Waals surface area contributed by atoms with Crippen LogP contribution in [-0.4, -0.2) is 29.1 Å². The molecule has 0 aliphatic heterocycles. The van der Waals surface area contributed by atoms with Gasteiger partial charge < -0.3 is 14.9 Å². The van der Waals surface area contributed by atoms with Gasteiger partial charge in [0, 0.05) is 11.1 Å². The first-order valence-corrected chi connectivity index (χ1v) is 4.51. The van der Waals surface area contributed by atoms with Crippen molar-refractivity contribution in [2.24, 2.45) is 0 Å². The summed E-state index contributed by atoms with van der Waals surface area (Å²) < 4.78 is 40.9. The third kappa shape index (κ3) is 2.98. The number of carboxylic acids is 1. The number of carbonyl (C=O) groups is 2. The first-order chi connectivity index (χ1) is 8.36. The van der Waals surface area contributed by atoms with E-state index in [0.29, 0.717) is 12.1 Å². The number of ether oxygens (including phenoxy) is 1. The maximum atomic E-state index is 13.3. The second kappa shape index (κ2) is 5.50. The van der Waals surface area contributed by atoms with E-state index in [0.717, 1.165) is 0 Å². The molecule has 0 amide bonds. The van der Waals surface area contributed by atoms with E-state index in [4.69, 9.17) is 5.11 Å². The van der Waals surface area contributed by atoms with Gasteiger partial charge in [-0.05, 0) is 12.1 Å². The molecule has 0 saturated heterocycles. The van der Waals surface area contributed by atoms with Crippen LogP contribution in [0.4, 0.5) is 13.2 Å². The first kappa shape index (κ1) is 14.0. The molecule has 1 aromatic rings. The minimum Gasteiger partial charge on any atom is -0.479 e. The Balaban J connectivity index is 3.26. The molecule has 8 heteroatoms. The predicted octanol–water partition coefficient (Wildman–Crippen LogP) is 1.36. The lowest BCUT2D eigenvalue weighted by Gasteiger charge is -2.12. The van der Waals surface area contributed by atoms with Crippen molar-refractivity contribution in [3.8, 4) is 5.75 Å². The second-order valence-corrected chi connectivity index (χ2v) is 3.15. The Labute approximate surface area is 98.4 Å². The normalized spacial score (nSPS) is 12.3. The summed E-state index contributed by atoms with van der Waals surface area (Å²) in [5.41, 5.74) is -1.00. The minimum atomic E-state index is -3.30. The first-order valence-electron chi connectivity index (χ1n) is 4.51. The maximum Gasteiger partial charge on any atom is 0.387 e. The van der Waals surface area contributed by atoms with Gasteiger partial charge in [-0.3, -0.25) is 4.79 Å². The minimum absolute atomic E-state index is 0.0965. The number of benzene rings is 1. The van der Waals surface area contributed by atoms with E-state index in [9.17, 15) is 27.9 Å². The van der Waals surface area contributed by atoms with Crippen LogP contribution in [0, 0.1) is 5.82 Å². The van der Waals surface area contributed by atoms with Crippen LogP contribution in [0.2, 0.25) is 0 Å². The molecule has 0 aliphatic rings. The fraction of sp³-hybridized carbons (Fsp3) is 0.200. The summed E-state index contributed by atoms with van der Waals surface area (Å²) >= 11 is 0.